The number of rotatable bonds is 7. The van der Waals surface area contributed by atoms with Crippen molar-refractivity contribution in [3.63, 3.8) is 0 Å². The minimum Gasteiger partial charge on any atom is -0.410 e. The third kappa shape index (κ3) is 6.42. The molecule has 0 unspecified atom stereocenters. The number of benzene rings is 3. The van der Waals surface area contributed by atoms with Crippen molar-refractivity contribution in [3.05, 3.63) is 112 Å². The van der Waals surface area contributed by atoms with Gasteiger partial charge in [0.2, 0.25) is 0 Å². The fraction of sp³-hybridized carbons (Fsp3) is 0.359. The summed E-state index contributed by atoms with van der Waals surface area (Å²) in [4.78, 5) is 46.8. The molecule has 4 aromatic rings. The highest BCUT2D eigenvalue weighted by Crippen LogP contribution is 2.35. The first-order chi connectivity index (χ1) is 22.7. The fourth-order valence-corrected chi connectivity index (χ4v) is 6.79. The Morgan fingerprint density at radius 2 is 1.62 bits per heavy atom. The molecule has 0 bridgehead atoms. The van der Waals surface area contributed by atoms with Gasteiger partial charge in [-0.2, -0.15) is 0 Å². The van der Waals surface area contributed by atoms with Crippen molar-refractivity contribution in [1.29, 1.82) is 0 Å². The molecular weight excluding hydrogens is 588 g/mol. The van der Waals surface area contributed by atoms with Gasteiger partial charge in [0.1, 0.15) is 5.75 Å². The molecular formula is C39H44N4O4. The summed E-state index contributed by atoms with van der Waals surface area (Å²) in [6.07, 6.45) is 2.96. The Bertz CT molecular complexity index is 1810. The molecule has 0 N–H and O–H groups in total. The summed E-state index contributed by atoms with van der Waals surface area (Å²) in [6, 6.07) is 23.4. The molecule has 2 aliphatic heterocycles. The number of hydrogen-bond donors (Lipinski definition) is 0. The molecule has 3 heterocycles. The van der Waals surface area contributed by atoms with Gasteiger partial charge in [-0.25, -0.2) is 4.79 Å². The number of ether oxygens (including phenoxy) is 1. The summed E-state index contributed by atoms with van der Waals surface area (Å²) in [6.45, 7) is 8.25. The molecule has 1 atom stereocenters. The summed E-state index contributed by atoms with van der Waals surface area (Å²) in [5.74, 6) is 0.427. The molecule has 6 rings (SSSR count). The third-order valence-electron chi connectivity index (χ3n) is 9.79. The van der Waals surface area contributed by atoms with Crippen LogP contribution in [-0.2, 0) is 33.0 Å². The van der Waals surface area contributed by atoms with Crippen LogP contribution < -0.4 is 4.74 Å². The van der Waals surface area contributed by atoms with Crippen molar-refractivity contribution in [2.45, 2.75) is 65.6 Å². The van der Waals surface area contributed by atoms with Gasteiger partial charge in [-0.3, -0.25) is 9.59 Å². The molecule has 8 heteroatoms. The van der Waals surface area contributed by atoms with Crippen molar-refractivity contribution < 1.29 is 19.1 Å². The zero-order chi connectivity index (χ0) is 33.2. The normalized spacial score (nSPS) is 15.6. The lowest BCUT2D eigenvalue weighted by Gasteiger charge is -2.36. The van der Waals surface area contributed by atoms with E-state index < -0.39 is 6.09 Å². The maximum absolute atomic E-state index is 14.7. The van der Waals surface area contributed by atoms with Gasteiger partial charge in [0.25, 0.3) is 11.8 Å². The van der Waals surface area contributed by atoms with Crippen LogP contribution in [0.2, 0.25) is 0 Å². The van der Waals surface area contributed by atoms with Crippen LogP contribution in [-0.4, -0.2) is 63.4 Å². The summed E-state index contributed by atoms with van der Waals surface area (Å²) >= 11 is 0. The van der Waals surface area contributed by atoms with Crippen LogP contribution in [0.3, 0.4) is 0 Å². The Hall–Kier alpha value is -4.85. The minimum absolute atomic E-state index is 0.0122. The highest BCUT2D eigenvalue weighted by molar-refractivity contribution is 6.03. The second-order valence-corrected chi connectivity index (χ2v) is 12.9. The molecule has 1 aromatic heterocycles. The van der Waals surface area contributed by atoms with E-state index in [4.69, 9.17) is 4.74 Å². The van der Waals surface area contributed by atoms with Crippen LogP contribution in [0.1, 0.15) is 75.4 Å². The zero-order valence-electron chi connectivity index (χ0n) is 28.1. The van der Waals surface area contributed by atoms with E-state index in [2.05, 4.69) is 38.1 Å². The largest absolute Gasteiger partial charge is 0.415 e. The monoisotopic (exact) mass is 632 g/mol. The fourth-order valence-electron chi connectivity index (χ4n) is 6.79. The van der Waals surface area contributed by atoms with E-state index >= 15 is 0 Å². The predicted molar refractivity (Wildman–Crippen MR) is 184 cm³/mol. The van der Waals surface area contributed by atoms with Gasteiger partial charge in [0.15, 0.2) is 0 Å². The highest BCUT2D eigenvalue weighted by atomic mass is 16.6. The number of carbonyl (C=O) groups excluding carboxylic acids is 3. The number of nitrogens with zero attached hydrogens (tertiary/aromatic N) is 4. The van der Waals surface area contributed by atoms with Crippen LogP contribution in [0, 0.1) is 6.92 Å². The van der Waals surface area contributed by atoms with Crippen LogP contribution in [0.25, 0.3) is 11.3 Å². The van der Waals surface area contributed by atoms with Crippen LogP contribution in [0.15, 0.2) is 72.8 Å². The number of aromatic nitrogens is 1. The summed E-state index contributed by atoms with van der Waals surface area (Å²) in [7, 11) is 3.81. The van der Waals surface area contributed by atoms with Crippen molar-refractivity contribution in [3.8, 4) is 17.0 Å². The number of amides is 3. The number of hydrogen-bond acceptors (Lipinski definition) is 4. The van der Waals surface area contributed by atoms with E-state index in [0.717, 1.165) is 52.9 Å². The molecule has 0 aliphatic carbocycles. The maximum atomic E-state index is 14.7. The SMILES string of the molecule is CCCCN(C)C(=O)c1cc(-c2cc3c(cc2C(=O)N2Cc4ccccc4C[C@H]2C)CN(C(=O)Oc2ccccc2)CC3)n(C)c1C. The molecule has 0 saturated heterocycles. The van der Waals surface area contributed by atoms with Gasteiger partial charge < -0.3 is 24.0 Å². The molecule has 0 fully saturated rings. The Kier molecular flexibility index (Phi) is 9.21. The molecule has 3 aromatic carbocycles. The van der Waals surface area contributed by atoms with E-state index in [9.17, 15) is 14.4 Å². The van der Waals surface area contributed by atoms with Crippen LogP contribution >= 0.6 is 0 Å². The lowest BCUT2D eigenvalue weighted by atomic mass is 9.90. The summed E-state index contributed by atoms with van der Waals surface area (Å²) in [5.41, 5.74) is 8.17. The van der Waals surface area contributed by atoms with Gasteiger partial charge in [-0.05, 0) is 85.7 Å². The predicted octanol–water partition coefficient (Wildman–Crippen LogP) is 7.02. The molecule has 2 aliphatic rings. The first-order valence-corrected chi connectivity index (χ1v) is 16.6. The molecule has 3 amide bonds. The van der Waals surface area contributed by atoms with E-state index in [0.29, 0.717) is 49.5 Å². The molecule has 0 radical (unpaired) electrons. The number of fused-ring (bicyclic) bond motifs is 2. The van der Waals surface area contributed by atoms with Crippen molar-refractivity contribution in [2.75, 3.05) is 20.1 Å². The van der Waals surface area contributed by atoms with Gasteiger partial charge in [0, 0.05) is 68.8 Å². The minimum atomic E-state index is -0.409. The highest BCUT2D eigenvalue weighted by Gasteiger charge is 2.32. The Morgan fingerprint density at radius 3 is 2.36 bits per heavy atom. The zero-order valence-corrected chi connectivity index (χ0v) is 28.1. The first kappa shape index (κ1) is 32.1. The van der Waals surface area contributed by atoms with E-state index in [1.54, 1.807) is 21.9 Å². The smallest absolute Gasteiger partial charge is 0.410 e. The summed E-state index contributed by atoms with van der Waals surface area (Å²) < 4.78 is 7.68. The number of para-hydroxylation sites is 1. The molecule has 0 saturated carbocycles. The van der Waals surface area contributed by atoms with E-state index in [1.807, 2.05) is 66.9 Å². The topological polar surface area (TPSA) is 75.1 Å². The molecule has 0 spiro atoms. The second kappa shape index (κ2) is 13.5. The average molecular weight is 633 g/mol. The summed E-state index contributed by atoms with van der Waals surface area (Å²) in [5, 5.41) is 0. The quantitative estimate of drug-likeness (QED) is 0.220. The molecule has 47 heavy (non-hydrogen) atoms. The lowest BCUT2D eigenvalue weighted by Crippen LogP contribution is -2.43. The average Bonchev–Trinajstić information content (AvgIpc) is 3.38. The van der Waals surface area contributed by atoms with Crippen molar-refractivity contribution in [1.82, 2.24) is 19.3 Å². The molecule has 244 valence electrons. The first-order valence-electron chi connectivity index (χ1n) is 16.6. The lowest BCUT2D eigenvalue weighted by molar-refractivity contribution is 0.0658. The number of carbonyl (C=O) groups is 3. The van der Waals surface area contributed by atoms with Crippen LogP contribution in [0.5, 0.6) is 5.75 Å². The van der Waals surface area contributed by atoms with Gasteiger partial charge in [-0.1, -0.05) is 55.8 Å². The maximum Gasteiger partial charge on any atom is 0.415 e. The third-order valence-corrected chi connectivity index (χ3v) is 9.79. The Labute approximate surface area is 277 Å². The number of unbranched alkanes of at least 4 members (excludes halogenated alkanes) is 1. The van der Waals surface area contributed by atoms with E-state index in [-0.39, 0.29) is 17.9 Å². The van der Waals surface area contributed by atoms with Crippen LogP contribution in [0.4, 0.5) is 4.79 Å². The van der Waals surface area contributed by atoms with Crippen molar-refractivity contribution in [2.24, 2.45) is 7.05 Å². The Morgan fingerprint density at radius 1 is 0.894 bits per heavy atom. The van der Waals surface area contributed by atoms with Gasteiger partial charge >= 0.3 is 6.09 Å². The Balaban J connectivity index is 1.39. The second-order valence-electron chi connectivity index (χ2n) is 12.9. The molecule has 8 nitrogen and oxygen atoms in total. The van der Waals surface area contributed by atoms with Gasteiger partial charge in [-0.15, -0.1) is 0 Å². The standard InChI is InChI=1S/C39H44N4O4/c1-6-7-18-40(4)37(44)33-23-36(41(5)27(33)3)34-21-29-17-19-42(39(46)47-32-15-9-8-10-16-32)24-31(29)22-35(34)38(45)43-25-30-14-12-11-13-28(30)20-26(43)2/h8-16,21-23,26H,6-7,17-20,24-25H2,1-5H3/t26-/m1/s1. The van der Waals surface area contributed by atoms with E-state index in [1.165, 1.54) is 5.56 Å². The van der Waals surface area contributed by atoms with Crippen molar-refractivity contribution >= 4 is 17.9 Å². The van der Waals surface area contributed by atoms with Gasteiger partial charge in [0.05, 0.1) is 5.56 Å².